The highest BCUT2D eigenvalue weighted by atomic mass is 16.5. The number of hydrogen-bond acceptors (Lipinski definition) is 5. The predicted octanol–water partition coefficient (Wildman–Crippen LogP) is 4.56. The second kappa shape index (κ2) is 10.1. The SMILES string of the molecule is CC=N/C(=C\C)C(c1cccc(OC)c1OC)N1CCN(c2ccccc2)CC1. The van der Waals surface area contributed by atoms with E-state index in [1.165, 1.54) is 5.69 Å². The number of piperazine rings is 1. The maximum Gasteiger partial charge on any atom is 0.165 e. The maximum atomic E-state index is 5.76. The third-order valence-corrected chi connectivity index (χ3v) is 5.38. The quantitative estimate of drug-likeness (QED) is 0.646. The van der Waals surface area contributed by atoms with Crippen molar-refractivity contribution in [2.24, 2.45) is 4.99 Å². The lowest BCUT2D eigenvalue weighted by atomic mass is 9.99. The topological polar surface area (TPSA) is 37.3 Å². The molecule has 1 aliphatic rings. The summed E-state index contributed by atoms with van der Waals surface area (Å²) >= 11 is 0. The summed E-state index contributed by atoms with van der Waals surface area (Å²) in [7, 11) is 3.38. The summed E-state index contributed by atoms with van der Waals surface area (Å²) in [4.78, 5) is 9.61. The normalized spacial score (nSPS) is 16.8. The molecule has 0 radical (unpaired) electrons. The maximum absolute atomic E-state index is 5.76. The highest BCUT2D eigenvalue weighted by Crippen LogP contribution is 2.41. The van der Waals surface area contributed by atoms with Gasteiger partial charge in [-0.25, -0.2) is 0 Å². The van der Waals surface area contributed by atoms with Gasteiger partial charge in [0.15, 0.2) is 11.5 Å². The first-order valence-electron chi connectivity index (χ1n) is 10.1. The largest absolute Gasteiger partial charge is 0.493 e. The minimum Gasteiger partial charge on any atom is -0.493 e. The monoisotopic (exact) mass is 393 g/mol. The summed E-state index contributed by atoms with van der Waals surface area (Å²) in [5.41, 5.74) is 3.38. The minimum absolute atomic E-state index is 0.0131. The summed E-state index contributed by atoms with van der Waals surface area (Å²) in [6, 6.07) is 16.7. The Balaban J connectivity index is 1.92. The molecule has 0 spiro atoms. The van der Waals surface area contributed by atoms with Crippen LogP contribution in [-0.4, -0.2) is 51.5 Å². The Labute approximate surface area is 174 Å². The van der Waals surface area contributed by atoms with Crippen LogP contribution in [0.1, 0.15) is 25.5 Å². The van der Waals surface area contributed by atoms with Crippen molar-refractivity contribution in [3.8, 4) is 11.5 Å². The molecule has 0 bridgehead atoms. The van der Waals surface area contributed by atoms with Crippen LogP contribution in [0.15, 0.2) is 65.3 Å². The average molecular weight is 394 g/mol. The summed E-state index contributed by atoms with van der Waals surface area (Å²) in [5.74, 6) is 1.52. The molecule has 0 amide bonds. The van der Waals surface area contributed by atoms with Gasteiger partial charge in [0.05, 0.1) is 26.0 Å². The number of nitrogens with zero attached hydrogens (tertiary/aromatic N) is 3. The van der Waals surface area contributed by atoms with Gasteiger partial charge in [0.1, 0.15) is 0 Å². The van der Waals surface area contributed by atoms with E-state index in [2.05, 4.69) is 57.3 Å². The Morgan fingerprint density at radius 1 is 0.931 bits per heavy atom. The van der Waals surface area contributed by atoms with Gasteiger partial charge < -0.3 is 14.4 Å². The summed E-state index contributed by atoms with van der Waals surface area (Å²) in [6.45, 7) is 7.82. The molecule has 1 aliphatic heterocycles. The van der Waals surface area contributed by atoms with Crippen LogP contribution in [0.25, 0.3) is 0 Å². The smallest absolute Gasteiger partial charge is 0.165 e. The van der Waals surface area contributed by atoms with Gasteiger partial charge in [-0.15, -0.1) is 0 Å². The van der Waals surface area contributed by atoms with Crippen molar-refractivity contribution in [2.45, 2.75) is 19.9 Å². The van der Waals surface area contributed by atoms with Gasteiger partial charge in [0.2, 0.25) is 0 Å². The molecule has 5 heteroatoms. The first kappa shape index (κ1) is 20.9. The first-order valence-corrected chi connectivity index (χ1v) is 10.1. The lowest BCUT2D eigenvalue weighted by Gasteiger charge is -2.41. The van der Waals surface area contributed by atoms with E-state index < -0.39 is 0 Å². The van der Waals surface area contributed by atoms with Crippen molar-refractivity contribution in [1.82, 2.24) is 4.90 Å². The van der Waals surface area contributed by atoms with Crippen LogP contribution in [0.5, 0.6) is 11.5 Å². The van der Waals surface area contributed by atoms with Crippen molar-refractivity contribution in [3.63, 3.8) is 0 Å². The molecular formula is C24H31N3O2. The zero-order chi connectivity index (χ0) is 20.6. The van der Waals surface area contributed by atoms with Gasteiger partial charge in [-0.3, -0.25) is 9.89 Å². The number of benzene rings is 2. The average Bonchev–Trinajstić information content (AvgIpc) is 2.79. The molecule has 1 atom stereocenters. The molecule has 2 aromatic carbocycles. The molecule has 1 unspecified atom stereocenters. The lowest BCUT2D eigenvalue weighted by Crippen LogP contribution is -2.48. The van der Waals surface area contributed by atoms with Gasteiger partial charge in [0, 0.05) is 43.6 Å². The summed E-state index contributed by atoms with van der Waals surface area (Å²) < 4.78 is 11.3. The summed E-state index contributed by atoms with van der Waals surface area (Å²) in [5, 5.41) is 0. The zero-order valence-electron chi connectivity index (χ0n) is 17.8. The Morgan fingerprint density at radius 2 is 1.66 bits per heavy atom. The predicted molar refractivity (Wildman–Crippen MR) is 120 cm³/mol. The Kier molecular flexibility index (Phi) is 7.30. The Morgan fingerprint density at radius 3 is 2.24 bits per heavy atom. The highest BCUT2D eigenvalue weighted by molar-refractivity contribution is 5.57. The Bertz CT molecular complexity index is 840. The minimum atomic E-state index is 0.0131. The van der Waals surface area contributed by atoms with E-state index in [-0.39, 0.29) is 6.04 Å². The van der Waals surface area contributed by atoms with E-state index in [9.17, 15) is 0 Å². The van der Waals surface area contributed by atoms with Crippen molar-refractivity contribution in [3.05, 3.63) is 65.9 Å². The van der Waals surface area contributed by atoms with Crippen LogP contribution in [0.2, 0.25) is 0 Å². The number of para-hydroxylation sites is 2. The number of aliphatic imine (C=N–C) groups is 1. The van der Waals surface area contributed by atoms with Crippen molar-refractivity contribution < 1.29 is 9.47 Å². The second-order valence-corrected chi connectivity index (χ2v) is 6.94. The van der Waals surface area contributed by atoms with E-state index in [1.807, 2.05) is 32.2 Å². The molecular weight excluding hydrogens is 362 g/mol. The van der Waals surface area contributed by atoms with Gasteiger partial charge in [-0.2, -0.15) is 0 Å². The van der Waals surface area contributed by atoms with Crippen molar-refractivity contribution in [2.75, 3.05) is 45.3 Å². The molecule has 1 saturated heterocycles. The first-order chi connectivity index (χ1) is 14.2. The fraction of sp³-hybridized carbons (Fsp3) is 0.375. The van der Waals surface area contributed by atoms with E-state index in [1.54, 1.807) is 14.2 Å². The molecule has 5 nitrogen and oxygen atoms in total. The van der Waals surface area contributed by atoms with Gasteiger partial charge >= 0.3 is 0 Å². The van der Waals surface area contributed by atoms with Gasteiger partial charge in [-0.05, 0) is 32.0 Å². The molecule has 0 aliphatic carbocycles. The summed E-state index contributed by atoms with van der Waals surface area (Å²) in [6.07, 6.45) is 3.95. The molecule has 154 valence electrons. The van der Waals surface area contributed by atoms with Crippen LogP contribution in [-0.2, 0) is 0 Å². The van der Waals surface area contributed by atoms with E-state index >= 15 is 0 Å². The number of methoxy groups -OCH3 is 2. The third kappa shape index (κ3) is 4.62. The molecule has 0 N–H and O–H groups in total. The van der Waals surface area contributed by atoms with Gasteiger partial charge in [-0.1, -0.05) is 36.4 Å². The van der Waals surface area contributed by atoms with Crippen molar-refractivity contribution >= 4 is 11.9 Å². The van der Waals surface area contributed by atoms with Crippen LogP contribution >= 0.6 is 0 Å². The molecule has 1 heterocycles. The van der Waals surface area contributed by atoms with E-state index in [4.69, 9.17) is 9.47 Å². The molecule has 2 aromatic rings. The number of rotatable bonds is 7. The number of hydrogen-bond donors (Lipinski definition) is 0. The third-order valence-electron chi connectivity index (χ3n) is 5.38. The Hall–Kier alpha value is -2.79. The van der Waals surface area contributed by atoms with Crippen LogP contribution in [0.4, 0.5) is 5.69 Å². The molecule has 1 fully saturated rings. The highest BCUT2D eigenvalue weighted by Gasteiger charge is 2.30. The number of allylic oxidation sites excluding steroid dienone is 1. The van der Waals surface area contributed by atoms with Crippen LogP contribution < -0.4 is 14.4 Å². The van der Waals surface area contributed by atoms with Gasteiger partial charge in [0.25, 0.3) is 0 Å². The fourth-order valence-corrected chi connectivity index (χ4v) is 4.00. The number of ether oxygens (including phenoxy) is 2. The fourth-order valence-electron chi connectivity index (χ4n) is 4.00. The van der Waals surface area contributed by atoms with E-state index in [0.29, 0.717) is 0 Å². The second-order valence-electron chi connectivity index (χ2n) is 6.94. The van der Waals surface area contributed by atoms with E-state index in [0.717, 1.165) is 48.9 Å². The zero-order valence-corrected chi connectivity index (χ0v) is 17.8. The van der Waals surface area contributed by atoms with Crippen LogP contribution in [0.3, 0.4) is 0 Å². The van der Waals surface area contributed by atoms with Crippen LogP contribution in [0, 0.1) is 0 Å². The molecule has 29 heavy (non-hydrogen) atoms. The van der Waals surface area contributed by atoms with Crippen molar-refractivity contribution in [1.29, 1.82) is 0 Å². The lowest BCUT2D eigenvalue weighted by molar-refractivity contribution is 0.204. The number of anilines is 1. The molecule has 0 aromatic heterocycles. The molecule has 3 rings (SSSR count). The molecule has 0 saturated carbocycles. The standard InChI is InChI=1S/C24H31N3O2/c1-5-21(25-6-2)23(20-13-10-14-22(28-3)24(20)29-4)27-17-15-26(16-18-27)19-11-8-7-9-12-19/h5-14,23H,15-18H2,1-4H3/b21-5-,25-6?.